The number of alkyl halides is 3. The molecule has 84 valence electrons. The molecule has 0 radical (unpaired) electrons. The highest BCUT2D eigenvalue weighted by Gasteiger charge is 2.42. The zero-order chi connectivity index (χ0) is 11.8. The van der Waals surface area contributed by atoms with Crippen LogP contribution in [0.25, 0.3) is 0 Å². The van der Waals surface area contributed by atoms with E-state index in [1.54, 1.807) is 0 Å². The third-order valence-corrected chi connectivity index (χ3v) is 1.90. The molecular formula is C9H7F5O. The van der Waals surface area contributed by atoms with Crippen LogP contribution in [0.3, 0.4) is 0 Å². The summed E-state index contributed by atoms with van der Waals surface area (Å²) in [5.74, 6) is -2.79. The molecule has 0 unspecified atom stereocenters. The van der Waals surface area contributed by atoms with E-state index in [1.807, 2.05) is 0 Å². The molecule has 0 saturated heterocycles. The molecule has 1 N–H and O–H groups in total. The van der Waals surface area contributed by atoms with Crippen molar-refractivity contribution in [2.75, 3.05) is 0 Å². The summed E-state index contributed by atoms with van der Waals surface area (Å²) in [7, 11) is 0. The summed E-state index contributed by atoms with van der Waals surface area (Å²) in [5, 5.41) is 8.74. The van der Waals surface area contributed by atoms with Gasteiger partial charge in [0.15, 0.2) is 6.10 Å². The van der Waals surface area contributed by atoms with Gasteiger partial charge >= 0.3 is 6.18 Å². The van der Waals surface area contributed by atoms with E-state index in [9.17, 15) is 22.0 Å². The molecule has 1 nitrogen and oxygen atoms in total. The van der Waals surface area contributed by atoms with Crippen LogP contribution in [-0.4, -0.2) is 11.3 Å². The average molecular weight is 226 g/mol. The lowest BCUT2D eigenvalue weighted by molar-refractivity contribution is -0.208. The molecule has 0 aliphatic heterocycles. The van der Waals surface area contributed by atoms with E-state index >= 15 is 0 Å². The molecule has 0 aliphatic carbocycles. The zero-order valence-electron chi connectivity index (χ0n) is 7.57. The Morgan fingerprint density at radius 2 is 1.73 bits per heavy atom. The molecule has 0 aromatic heterocycles. The second-order valence-corrected chi connectivity index (χ2v) is 3.04. The summed E-state index contributed by atoms with van der Waals surface area (Å²) in [4.78, 5) is 0. The maximum Gasteiger partial charge on any atom is 0.418 e. The van der Waals surface area contributed by atoms with Crippen molar-refractivity contribution in [2.45, 2.75) is 19.2 Å². The molecule has 0 saturated carbocycles. The predicted octanol–water partition coefficient (Wildman–Crippen LogP) is 2.87. The Bertz CT molecular complexity index is 372. The summed E-state index contributed by atoms with van der Waals surface area (Å²) in [6, 6.07) is 1.68. The van der Waals surface area contributed by atoms with Crippen molar-refractivity contribution < 1.29 is 27.1 Å². The number of aliphatic hydroxyl groups excluding tert-OH is 1. The lowest BCUT2D eigenvalue weighted by atomic mass is 10.0. The Labute approximate surface area is 82.1 Å². The Morgan fingerprint density at radius 1 is 1.20 bits per heavy atom. The van der Waals surface area contributed by atoms with Gasteiger partial charge in [-0.15, -0.1) is 0 Å². The van der Waals surface area contributed by atoms with Gasteiger partial charge in [-0.25, -0.2) is 8.78 Å². The number of hydrogen-bond acceptors (Lipinski definition) is 1. The van der Waals surface area contributed by atoms with Gasteiger partial charge in [-0.05, 0) is 18.6 Å². The first-order valence-corrected chi connectivity index (χ1v) is 3.94. The molecule has 1 atom stereocenters. The van der Waals surface area contributed by atoms with Crippen LogP contribution in [0.15, 0.2) is 12.1 Å². The fraction of sp³-hybridized carbons (Fsp3) is 0.333. The lowest BCUT2D eigenvalue weighted by Crippen LogP contribution is -2.22. The van der Waals surface area contributed by atoms with E-state index in [0.29, 0.717) is 6.07 Å². The van der Waals surface area contributed by atoms with Crippen LogP contribution < -0.4 is 0 Å². The van der Waals surface area contributed by atoms with Crippen LogP contribution in [-0.2, 0) is 0 Å². The number of rotatable bonds is 1. The largest absolute Gasteiger partial charge is 0.418 e. The maximum atomic E-state index is 13.1. The summed E-state index contributed by atoms with van der Waals surface area (Å²) < 4.78 is 62.2. The minimum absolute atomic E-state index is 0.158. The smallest absolute Gasteiger partial charge is 0.379 e. The quantitative estimate of drug-likeness (QED) is 0.730. The molecule has 0 spiro atoms. The second-order valence-electron chi connectivity index (χ2n) is 3.04. The minimum Gasteiger partial charge on any atom is -0.379 e. The van der Waals surface area contributed by atoms with Gasteiger partial charge in [0.2, 0.25) is 0 Å². The van der Waals surface area contributed by atoms with Gasteiger partial charge in [0.05, 0.1) is 5.56 Å². The molecule has 6 heteroatoms. The average Bonchev–Trinajstić information content (AvgIpc) is 2.10. The summed E-state index contributed by atoms with van der Waals surface area (Å²) in [6.07, 6.45) is -8.23. The van der Waals surface area contributed by atoms with Gasteiger partial charge in [-0.3, -0.25) is 0 Å². The lowest BCUT2D eigenvalue weighted by Gasteiger charge is -2.16. The van der Waals surface area contributed by atoms with E-state index < -0.39 is 29.5 Å². The Balaban J connectivity index is 3.31. The fourth-order valence-corrected chi connectivity index (χ4v) is 1.09. The molecule has 1 aromatic carbocycles. The number of aryl methyl sites for hydroxylation is 1. The monoisotopic (exact) mass is 226 g/mol. The number of benzene rings is 1. The van der Waals surface area contributed by atoms with Crippen LogP contribution in [0.4, 0.5) is 22.0 Å². The SMILES string of the molecule is Cc1ccc(F)c([C@H](O)C(F)(F)F)c1F. The normalized spacial score (nSPS) is 14.1. The van der Waals surface area contributed by atoms with Gasteiger partial charge in [0, 0.05) is 0 Å². The van der Waals surface area contributed by atoms with E-state index in [-0.39, 0.29) is 5.56 Å². The van der Waals surface area contributed by atoms with E-state index in [4.69, 9.17) is 5.11 Å². The molecule has 1 aromatic rings. The van der Waals surface area contributed by atoms with Crippen LogP contribution >= 0.6 is 0 Å². The molecule has 0 bridgehead atoms. The third kappa shape index (κ3) is 2.26. The van der Waals surface area contributed by atoms with Crippen molar-refractivity contribution in [3.05, 3.63) is 34.9 Å². The molecular weight excluding hydrogens is 219 g/mol. The van der Waals surface area contributed by atoms with Crippen LogP contribution in [0.2, 0.25) is 0 Å². The molecule has 0 amide bonds. The van der Waals surface area contributed by atoms with Crippen molar-refractivity contribution in [1.82, 2.24) is 0 Å². The fourth-order valence-electron chi connectivity index (χ4n) is 1.09. The van der Waals surface area contributed by atoms with Gasteiger partial charge in [-0.1, -0.05) is 6.07 Å². The molecule has 15 heavy (non-hydrogen) atoms. The van der Waals surface area contributed by atoms with Crippen LogP contribution in [0.5, 0.6) is 0 Å². The van der Waals surface area contributed by atoms with Gasteiger partial charge in [0.1, 0.15) is 11.6 Å². The van der Waals surface area contributed by atoms with Crippen LogP contribution in [0.1, 0.15) is 17.2 Å². The van der Waals surface area contributed by atoms with Crippen molar-refractivity contribution >= 4 is 0 Å². The zero-order valence-corrected chi connectivity index (χ0v) is 7.57. The van der Waals surface area contributed by atoms with E-state index in [1.165, 1.54) is 6.92 Å². The Hall–Kier alpha value is -1.17. The standard InChI is InChI=1S/C9H7F5O/c1-4-2-3-5(10)6(7(4)11)8(15)9(12,13)14/h2-3,8,15H,1H3/t8-/m0/s1. The number of halogens is 5. The summed E-state index contributed by atoms with van der Waals surface area (Å²) >= 11 is 0. The Morgan fingerprint density at radius 3 is 2.20 bits per heavy atom. The first-order valence-electron chi connectivity index (χ1n) is 3.94. The number of aliphatic hydroxyl groups is 1. The van der Waals surface area contributed by atoms with E-state index in [2.05, 4.69) is 0 Å². The topological polar surface area (TPSA) is 20.2 Å². The second kappa shape index (κ2) is 3.77. The molecule has 0 heterocycles. The van der Waals surface area contributed by atoms with Crippen molar-refractivity contribution in [1.29, 1.82) is 0 Å². The number of hydrogen-bond donors (Lipinski definition) is 1. The first-order chi connectivity index (χ1) is 6.75. The minimum atomic E-state index is -5.09. The van der Waals surface area contributed by atoms with Gasteiger partial charge in [-0.2, -0.15) is 13.2 Å². The Kier molecular flexibility index (Phi) is 2.99. The van der Waals surface area contributed by atoms with Crippen molar-refractivity contribution in [2.24, 2.45) is 0 Å². The van der Waals surface area contributed by atoms with Gasteiger partial charge < -0.3 is 5.11 Å². The molecule has 0 aliphatic rings. The van der Waals surface area contributed by atoms with E-state index in [0.717, 1.165) is 6.07 Å². The first kappa shape index (κ1) is 11.9. The highest BCUT2D eigenvalue weighted by molar-refractivity contribution is 5.29. The highest BCUT2D eigenvalue weighted by Crippen LogP contribution is 2.35. The summed E-state index contributed by atoms with van der Waals surface area (Å²) in [5.41, 5.74) is -1.52. The van der Waals surface area contributed by atoms with Crippen molar-refractivity contribution in [3.63, 3.8) is 0 Å². The highest BCUT2D eigenvalue weighted by atomic mass is 19.4. The molecule has 0 fully saturated rings. The summed E-state index contributed by atoms with van der Waals surface area (Å²) in [6.45, 7) is 1.18. The third-order valence-electron chi connectivity index (χ3n) is 1.90. The maximum absolute atomic E-state index is 13.1. The van der Waals surface area contributed by atoms with Gasteiger partial charge in [0.25, 0.3) is 0 Å². The van der Waals surface area contributed by atoms with Crippen LogP contribution in [0, 0.1) is 18.6 Å². The molecule has 1 rings (SSSR count). The van der Waals surface area contributed by atoms with Crippen molar-refractivity contribution in [3.8, 4) is 0 Å². The predicted molar refractivity (Wildman–Crippen MR) is 42.1 cm³/mol.